The first-order valence-electron chi connectivity index (χ1n) is 13.1. The maximum atomic E-state index is 5.13. The zero-order valence-corrected chi connectivity index (χ0v) is 23.6. The normalized spacial score (nSPS) is 12.2. The zero-order chi connectivity index (χ0) is 26.0. The molecule has 0 atom stereocenters. The third-order valence-corrected chi connectivity index (χ3v) is 14.8. The molecule has 0 N–H and O–H groups in total. The standard InChI is InChI=1S/C35H23N2PSe/c39-38(26-11-3-1-4-12-26,27-13-5-2-6-14-27)28-20-19-24-22-30-29-15-7-9-17-33(29)37-34-18-10-8-16-32(34)36-35(37)31(30)23-25(24)21-28/h1-23H. The van der Waals surface area contributed by atoms with E-state index in [1.165, 1.54) is 48.4 Å². The number of hydrogen-bond acceptors (Lipinski definition) is 1. The van der Waals surface area contributed by atoms with Crippen LogP contribution < -0.4 is 15.9 Å². The SMILES string of the molecule is [Se]=P(c1ccccc1)(c1ccccc1)c1ccc2cc3c4ccccc4n4c5ccccc5nc4c3cc2c1. The van der Waals surface area contributed by atoms with Gasteiger partial charge in [0, 0.05) is 0 Å². The Morgan fingerprint density at radius 1 is 0.487 bits per heavy atom. The molecule has 6 aromatic carbocycles. The van der Waals surface area contributed by atoms with Crippen LogP contribution in [0.3, 0.4) is 0 Å². The molecular weight excluding hydrogens is 558 g/mol. The van der Waals surface area contributed by atoms with Gasteiger partial charge in [-0.15, -0.1) is 0 Å². The van der Waals surface area contributed by atoms with Gasteiger partial charge < -0.3 is 0 Å². The number of hydrogen-bond donors (Lipinski definition) is 0. The fourth-order valence-corrected chi connectivity index (χ4v) is 10.9. The summed E-state index contributed by atoms with van der Waals surface area (Å²) in [4.78, 5) is 5.13. The summed E-state index contributed by atoms with van der Waals surface area (Å²) in [6.07, 6.45) is 0. The third-order valence-electron chi connectivity index (χ3n) is 7.80. The van der Waals surface area contributed by atoms with Crippen LogP contribution in [0.5, 0.6) is 0 Å². The molecule has 0 aliphatic rings. The van der Waals surface area contributed by atoms with Gasteiger partial charge >= 0.3 is 235 Å². The molecule has 0 bridgehead atoms. The number of pyridine rings is 1. The van der Waals surface area contributed by atoms with Crippen LogP contribution >= 0.6 is 5.51 Å². The van der Waals surface area contributed by atoms with Gasteiger partial charge in [0.2, 0.25) is 0 Å². The molecule has 4 heteroatoms. The van der Waals surface area contributed by atoms with E-state index in [9.17, 15) is 0 Å². The van der Waals surface area contributed by atoms with Crippen molar-refractivity contribution in [2.24, 2.45) is 0 Å². The fourth-order valence-electron chi connectivity index (χ4n) is 5.96. The van der Waals surface area contributed by atoms with E-state index in [0.29, 0.717) is 0 Å². The van der Waals surface area contributed by atoms with Crippen LogP contribution in [0, 0.1) is 0 Å². The average Bonchev–Trinajstić information content (AvgIpc) is 3.41. The molecule has 0 amide bonds. The van der Waals surface area contributed by atoms with E-state index >= 15 is 0 Å². The molecule has 0 saturated carbocycles. The first kappa shape index (κ1) is 22.9. The predicted molar refractivity (Wildman–Crippen MR) is 170 cm³/mol. The minimum absolute atomic E-state index is 1.01. The summed E-state index contributed by atoms with van der Waals surface area (Å²) in [6.45, 7) is 0. The molecule has 2 heterocycles. The Morgan fingerprint density at radius 3 is 1.85 bits per heavy atom. The van der Waals surface area contributed by atoms with Gasteiger partial charge in [0.05, 0.1) is 0 Å². The molecular formula is C35H23N2PSe. The molecule has 8 aromatic rings. The molecule has 0 spiro atoms. The summed E-state index contributed by atoms with van der Waals surface area (Å²) in [5, 5.41) is 10.1. The Morgan fingerprint density at radius 2 is 1.10 bits per heavy atom. The van der Waals surface area contributed by atoms with Crippen molar-refractivity contribution in [3.05, 3.63) is 140 Å². The first-order valence-corrected chi connectivity index (χ1v) is 17.1. The molecule has 0 fully saturated rings. The molecule has 0 saturated heterocycles. The molecule has 2 nitrogen and oxygen atoms in total. The first-order chi connectivity index (χ1) is 19.2. The van der Waals surface area contributed by atoms with Gasteiger partial charge in [-0.3, -0.25) is 0 Å². The number of benzene rings is 6. The van der Waals surface area contributed by atoms with Crippen molar-refractivity contribution in [3.8, 4) is 0 Å². The summed E-state index contributed by atoms with van der Waals surface area (Å²) in [5.41, 5.74) is 2.40. The number of imidazole rings is 1. The van der Waals surface area contributed by atoms with Crippen molar-refractivity contribution in [1.82, 2.24) is 9.38 Å². The molecule has 0 aliphatic heterocycles. The van der Waals surface area contributed by atoms with Crippen LogP contribution in [0.1, 0.15) is 0 Å². The van der Waals surface area contributed by atoms with Crippen LogP contribution in [0.15, 0.2) is 140 Å². The number of rotatable bonds is 3. The van der Waals surface area contributed by atoms with Crippen molar-refractivity contribution in [1.29, 1.82) is 0 Å². The average molecular weight is 582 g/mol. The summed E-state index contributed by atoms with van der Waals surface area (Å²) >= 11 is 3.71. The molecule has 8 rings (SSSR count). The van der Waals surface area contributed by atoms with Gasteiger partial charge in [-0.25, -0.2) is 0 Å². The summed E-state index contributed by atoms with van der Waals surface area (Å²) in [5.74, 6) is 0. The molecule has 0 unspecified atom stereocenters. The van der Waals surface area contributed by atoms with E-state index < -0.39 is 5.51 Å². The molecule has 2 aromatic heterocycles. The van der Waals surface area contributed by atoms with Gasteiger partial charge in [0.15, 0.2) is 0 Å². The van der Waals surface area contributed by atoms with Crippen molar-refractivity contribution in [2.45, 2.75) is 0 Å². The number of fused-ring (bicyclic) bond motifs is 9. The Labute approximate surface area is 233 Å². The molecule has 0 radical (unpaired) electrons. The minimum atomic E-state index is -1.95. The van der Waals surface area contributed by atoms with Crippen LogP contribution in [0.25, 0.3) is 49.1 Å². The Bertz CT molecular complexity index is 2210. The Hall–Kier alpha value is -4.00. The monoisotopic (exact) mass is 582 g/mol. The van der Waals surface area contributed by atoms with Crippen molar-refractivity contribution < 1.29 is 0 Å². The number of para-hydroxylation sites is 3. The number of nitrogens with zero attached hydrogens (tertiary/aromatic N) is 2. The molecule has 39 heavy (non-hydrogen) atoms. The zero-order valence-electron chi connectivity index (χ0n) is 21.0. The third kappa shape index (κ3) is 3.41. The molecule has 184 valence electrons. The van der Waals surface area contributed by atoms with E-state index in [0.717, 1.165) is 16.7 Å². The van der Waals surface area contributed by atoms with Crippen LogP contribution in [-0.2, 0) is 0 Å². The predicted octanol–water partition coefficient (Wildman–Crippen LogP) is 7.32. The van der Waals surface area contributed by atoms with Crippen LogP contribution in [-0.4, -0.2) is 24.5 Å². The van der Waals surface area contributed by atoms with Gasteiger partial charge in [0.1, 0.15) is 0 Å². The van der Waals surface area contributed by atoms with E-state index in [4.69, 9.17) is 4.98 Å². The van der Waals surface area contributed by atoms with Gasteiger partial charge in [-0.1, -0.05) is 0 Å². The maximum absolute atomic E-state index is 5.13. The van der Waals surface area contributed by atoms with E-state index in [1.54, 1.807) is 0 Å². The van der Waals surface area contributed by atoms with E-state index in [-0.39, 0.29) is 0 Å². The van der Waals surface area contributed by atoms with Crippen molar-refractivity contribution >= 4 is 85.6 Å². The van der Waals surface area contributed by atoms with E-state index in [2.05, 4.69) is 159 Å². The summed E-state index contributed by atoms with van der Waals surface area (Å²) in [6, 6.07) is 50.6. The van der Waals surface area contributed by atoms with Gasteiger partial charge in [0.25, 0.3) is 0 Å². The van der Waals surface area contributed by atoms with Crippen LogP contribution in [0.4, 0.5) is 0 Å². The molecule has 0 aliphatic carbocycles. The van der Waals surface area contributed by atoms with Crippen molar-refractivity contribution in [3.63, 3.8) is 0 Å². The second-order valence-electron chi connectivity index (χ2n) is 9.99. The summed E-state index contributed by atoms with van der Waals surface area (Å²) in [7, 11) is 0. The van der Waals surface area contributed by atoms with Gasteiger partial charge in [-0.2, -0.15) is 0 Å². The second kappa shape index (κ2) is 8.76. The van der Waals surface area contributed by atoms with E-state index in [1.807, 2.05) is 0 Å². The van der Waals surface area contributed by atoms with Crippen molar-refractivity contribution in [2.75, 3.05) is 0 Å². The Balaban J connectivity index is 1.47. The topological polar surface area (TPSA) is 17.3 Å². The Kier molecular flexibility index (Phi) is 5.15. The number of aromatic nitrogens is 2. The second-order valence-corrected chi connectivity index (χ2v) is 16.2. The fraction of sp³-hybridized carbons (Fsp3) is 0. The van der Waals surface area contributed by atoms with Gasteiger partial charge in [-0.05, 0) is 0 Å². The van der Waals surface area contributed by atoms with Crippen LogP contribution in [0.2, 0.25) is 0 Å². The summed E-state index contributed by atoms with van der Waals surface area (Å²) < 4.78 is 2.32. The quantitative estimate of drug-likeness (QED) is 0.0925.